The summed E-state index contributed by atoms with van der Waals surface area (Å²) in [5.74, 6) is -2.04. The number of carbonyl (C=O) groups is 1. The number of aromatic nitrogens is 3. The number of nitrogens with zero attached hydrogens (tertiary/aromatic N) is 4. The number of hydrogen-bond donors (Lipinski definition) is 1. The van der Waals surface area contributed by atoms with Crippen LogP contribution in [0.25, 0.3) is 11.3 Å². The molecule has 2 aromatic carbocycles. The van der Waals surface area contributed by atoms with Gasteiger partial charge in [-0.3, -0.25) is 0 Å². The minimum absolute atomic E-state index is 0.104. The maximum atomic E-state index is 14.1. The van der Waals surface area contributed by atoms with Crippen molar-refractivity contribution in [3.05, 3.63) is 64.6 Å². The van der Waals surface area contributed by atoms with Crippen molar-refractivity contribution < 1.29 is 18.0 Å². The van der Waals surface area contributed by atoms with Crippen molar-refractivity contribution in [2.45, 2.75) is 13.1 Å². The molecule has 0 atom stereocenters. The fourth-order valence-electron chi connectivity index (χ4n) is 2.98. The predicted octanol–water partition coefficient (Wildman–Crippen LogP) is 4.06. The Morgan fingerprint density at radius 3 is 2.64 bits per heavy atom. The molecule has 3 aromatic rings. The molecule has 0 fully saturated rings. The molecule has 0 unspecified atom stereocenters. The average molecular weight is 408 g/mol. The smallest absolute Gasteiger partial charge is 0.317 e. The summed E-state index contributed by atoms with van der Waals surface area (Å²) < 4.78 is 42.2. The van der Waals surface area contributed by atoms with E-state index in [4.69, 9.17) is 11.6 Å². The van der Waals surface area contributed by atoms with Crippen LogP contribution in [0.5, 0.6) is 0 Å². The minimum atomic E-state index is -0.758. The second-order valence-corrected chi connectivity index (χ2v) is 6.62. The number of fused-ring (bicyclic) bond motifs is 1. The molecule has 4 rings (SSSR count). The first-order valence-electron chi connectivity index (χ1n) is 8.31. The van der Waals surface area contributed by atoms with E-state index >= 15 is 0 Å². The molecular weight excluding hydrogens is 395 g/mol. The molecule has 28 heavy (non-hydrogen) atoms. The number of rotatable bonds is 2. The van der Waals surface area contributed by atoms with E-state index in [9.17, 15) is 18.0 Å². The Kier molecular flexibility index (Phi) is 4.68. The van der Waals surface area contributed by atoms with Gasteiger partial charge in [0.1, 0.15) is 23.1 Å². The van der Waals surface area contributed by atoms with E-state index in [2.05, 4.69) is 15.6 Å². The number of halogens is 4. The third-order valence-electron chi connectivity index (χ3n) is 4.40. The summed E-state index contributed by atoms with van der Waals surface area (Å²) in [5, 5.41) is 10.5. The SMILES string of the molecule is O=C(Nc1ccc(F)c(Cl)c1)N1CCn2nnc(-c3ccc(F)cc3F)c2C1. The van der Waals surface area contributed by atoms with E-state index in [1.54, 1.807) is 4.68 Å². The molecule has 1 aliphatic heterocycles. The zero-order chi connectivity index (χ0) is 19.8. The van der Waals surface area contributed by atoms with Gasteiger partial charge in [-0.15, -0.1) is 5.10 Å². The normalized spacial score (nSPS) is 13.4. The molecule has 0 aliphatic carbocycles. The standard InChI is InChI=1S/C18H13ClF3N5O/c19-13-8-11(2-4-14(13)21)23-18(28)26-5-6-27-16(9-26)17(24-25-27)12-3-1-10(20)7-15(12)22/h1-4,7-8H,5-6,9H2,(H,23,28). The number of urea groups is 1. The molecule has 2 amide bonds. The lowest BCUT2D eigenvalue weighted by atomic mass is 10.1. The van der Waals surface area contributed by atoms with Crippen LogP contribution in [-0.2, 0) is 13.1 Å². The monoisotopic (exact) mass is 407 g/mol. The Balaban J connectivity index is 1.56. The molecule has 0 saturated carbocycles. The van der Waals surface area contributed by atoms with Crippen LogP contribution in [0.2, 0.25) is 5.02 Å². The third-order valence-corrected chi connectivity index (χ3v) is 4.69. The number of amides is 2. The van der Waals surface area contributed by atoms with Gasteiger partial charge < -0.3 is 10.2 Å². The first-order valence-corrected chi connectivity index (χ1v) is 8.69. The van der Waals surface area contributed by atoms with Gasteiger partial charge in [0.25, 0.3) is 0 Å². The van der Waals surface area contributed by atoms with Gasteiger partial charge in [0.2, 0.25) is 0 Å². The maximum absolute atomic E-state index is 14.1. The highest BCUT2D eigenvalue weighted by atomic mass is 35.5. The summed E-state index contributed by atoms with van der Waals surface area (Å²) in [7, 11) is 0. The van der Waals surface area contributed by atoms with Crippen LogP contribution in [0.1, 0.15) is 5.69 Å². The third kappa shape index (κ3) is 3.40. The number of nitrogens with one attached hydrogen (secondary N) is 1. The number of hydrogen-bond acceptors (Lipinski definition) is 3. The van der Waals surface area contributed by atoms with Gasteiger partial charge in [-0.25, -0.2) is 22.6 Å². The molecule has 144 valence electrons. The Labute approximate surface area is 162 Å². The van der Waals surface area contributed by atoms with E-state index in [0.29, 0.717) is 24.5 Å². The molecule has 1 aromatic heterocycles. The first-order chi connectivity index (χ1) is 13.4. The Morgan fingerprint density at radius 2 is 1.89 bits per heavy atom. The second kappa shape index (κ2) is 7.16. The quantitative estimate of drug-likeness (QED) is 0.696. The van der Waals surface area contributed by atoms with Crippen molar-refractivity contribution in [3.8, 4) is 11.3 Å². The van der Waals surface area contributed by atoms with Crippen LogP contribution < -0.4 is 5.32 Å². The lowest BCUT2D eigenvalue weighted by Crippen LogP contribution is -2.41. The summed E-state index contributed by atoms with van der Waals surface area (Å²) in [6, 6.07) is 6.62. The summed E-state index contributed by atoms with van der Waals surface area (Å²) in [6.45, 7) is 0.838. The van der Waals surface area contributed by atoms with Crippen LogP contribution in [0.15, 0.2) is 36.4 Å². The van der Waals surface area contributed by atoms with E-state index in [1.165, 1.54) is 23.1 Å². The van der Waals surface area contributed by atoms with E-state index in [0.717, 1.165) is 18.2 Å². The van der Waals surface area contributed by atoms with Crippen LogP contribution >= 0.6 is 11.6 Å². The molecule has 0 bridgehead atoms. The van der Waals surface area contributed by atoms with Crippen molar-refractivity contribution in [1.82, 2.24) is 19.9 Å². The van der Waals surface area contributed by atoms with Crippen molar-refractivity contribution in [1.29, 1.82) is 0 Å². The van der Waals surface area contributed by atoms with Crippen LogP contribution in [0, 0.1) is 17.5 Å². The van der Waals surface area contributed by atoms with Gasteiger partial charge in [-0.1, -0.05) is 16.8 Å². The zero-order valence-electron chi connectivity index (χ0n) is 14.3. The van der Waals surface area contributed by atoms with Crippen molar-refractivity contribution >= 4 is 23.3 Å². The Hall–Kier alpha value is -3.07. The molecule has 1 aliphatic rings. The maximum Gasteiger partial charge on any atom is 0.322 e. The molecule has 1 N–H and O–H groups in total. The highest BCUT2D eigenvalue weighted by molar-refractivity contribution is 6.31. The second-order valence-electron chi connectivity index (χ2n) is 6.21. The fraction of sp³-hybridized carbons (Fsp3) is 0.167. The molecular formula is C18H13ClF3N5O. The Bertz CT molecular complexity index is 1070. The van der Waals surface area contributed by atoms with Crippen molar-refractivity contribution in [2.75, 3.05) is 11.9 Å². The lowest BCUT2D eigenvalue weighted by Gasteiger charge is -2.28. The summed E-state index contributed by atoms with van der Waals surface area (Å²) >= 11 is 5.73. The van der Waals surface area contributed by atoms with Gasteiger partial charge >= 0.3 is 6.03 Å². The number of anilines is 1. The van der Waals surface area contributed by atoms with Gasteiger partial charge in [-0.05, 0) is 30.3 Å². The highest BCUT2D eigenvalue weighted by Crippen LogP contribution is 2.28. The zero-order valence-corrected chi connectivity index (χ0v) is 15.1. The topological polar surface area (TPSA) is 63.1 Å². The van der Waals surface area contributed by atoms with E-state index in [1.807, 2.05) is 0 Å². The largest absolute Gasteiger partial charge is 0.322 e. The fourth-order valence-corrected chi connectivity index (χ4v) is 3.17. The van der Waals surface area contributed by atoms with Gasteiger partial charge in [-0.2, -0.15) is 0 Å². The summed E-state index contributed by atoms with van der Waals surface area (Å²) in [4.78, 5) is 14.0. The highest BCUT2D eigenvalue weighted by Gasteiger charge is 2.27. The van der Waals surface area contributed by atoms with Crippen LogP contribution in [-0.4, -0.2) is 32.5 Å². The molecule has 0 spiro atoms. The molecule has 6 nitrogen and oxygen atoms in total. The Morgan fingerprint density at radius 1 is 1.07 bits per heavy atom. The molecule has 2 heterocycles. The van der Waals surface area contributed by atoms with Crippen molar-refractivity contribution in [3.63, 3.8) is 0 Å². The van der Waals surface area contributed by atoms with E-state index in [-0.39, 0.29) is 22.8 Å². The van der Waals surface area contributed by atoms with Crippen LogP contribution in [0.3, 0.4) is 0 Å². The molecule has 0 radical (unpaired) electrons. The van der Waals surface area contributed by atoms with Gasteiger partial charge in [0.05, 0.1) is 23.8 Å². The minimum Gasteiger partial charge on any atom is -0.317 e. The predicted molar refractivity (Wildman–Crippen MR) is 96.2 cm³/mol. The van der Waals surface area contributed by atoms with Gasteiger partial charge in [0.15, 0.2) is 0 Å². The summed E-state index contributed by atoms with van der Waals surface area (Å²) in [5.41, 5.74) is 1.23. The average Bonchev–Trinajstić information content (AvgIpc) is 3.08. The van der Waals surface area contributed by atoms with Crippen molar-refractivity contribution in [2.24, 2.45) is 0 Å². The van der Waals surface area contributed by atoms with Gasteiger partial charge in [0, 0.05) is 23.9 Å². The van der Waals surface area contributed by atoms with Crippen LogP contribution in [0.4, 0.5) is 23.7 Å². The number of carbonyl (C=O) groups excluding carboxylic acids is 1. The molecule has 0 saturated heterocycles. The number of benzene rings is 2. The molecule has 10 heteroatoms. The van der Waals surface area contributed by atoms with E-state index < -0.39 is 23.5 Å². The summed E-state index contributed by atoms with van der Waals surface area (Å²) in [6.07, 6.45) is 0. The first kappa shape index (κ1) is 18.3. The lowest BCUT2D eigenvalue weighted by molar-refractivity contribution is 0.194.